The lowest BCUT2D eigenvalue weighted by Crippen LogP contribution is -2.43. The van der Waals surface area contributed by atoms with Crippen molar-refractivity contribution in [2.45, 2.75) is 31.8 Å². The first-order valence-electron chi connectivity index (χ1n) is 11.7. The Bertz CT molecular complexity index is 1560. The molecule has 0 bridgehead atoms. The second-order valence-electron chi connectivity index (χ2n) is 8.91. The van der Waals surface area contributed by atoms with Gasteiger partial charge in [-0.25, -0.2) is 19.0 Å². The number of nitrogen functional groups attached to an aromatic ring is 1. The third kappa shape index (κ3) is 5.64. The van der Waals surface area contributed by atoms with Crippen LogP contribution in [0.2, 0.25) is 0 Å². The van der Waals surface area contributed by atoms with Crippen molar-refractivity contribution in [3.63, 3.8) is 0 Å². The molecule has 0 spiro atoms. The average Bonchev–Trinajstić information content (AvgIpc) is 2.92. The highest BCUT2D eigenvalue weighted by molar-refractivity contribution is 8.01. The van der Waals surface area contributed by atoms with Crippen LogP contribution in [-0.2, 0) is 30.9 Å². The molecule has 9 nitrogen and oxygen atoms in total. The van der Waals surface area contributed by atoms with Crippen LogP contribution in [0.15, 0.2) is 92.7 Å². The van der Waals surface area contributed by atoms with Crippen molar-refractivity contribution in [2.75, 3.05) is 5.73 Å². The molecular formula is C27H28N6O3S. The van der Waals surface area contributed by atoms with E-state index in [2.05, 4.69) is 15.0 Å². The SMILES string of the molecule is CC(C)Cn1c(N)c(C(=NCc2ccc(-c3ccncn3)cc2)S(=O)c2ccccc2)c(=O)n(C)c1=O. The van der Waals surface area contributed by atoms with Crippen LogP contribution >= 0.6 is 0 Å². The Labute approximate surface area is 216 Å². The normalized spacial score (nSPS) is 12.6. The summed E-state index contributed by atoms with van der Waals surface area (Å²) >= 11 is 0. The number of nitrogens with two attached hydrogens (primary N) is 1. The van der Waals surface area contributed by atoms with Gasteiger partial charge in [0.15, 0.2) is 0 Å². The lowest BCUT2D eigenvalue weighted by atomic mass is 10.1. The van der Waals surface area contributed by atoms with Crippen LogP contribution in [0.5, 0.6) is 0 Å². The Morgan fingerprint density at radius 1 is 1.05 bits per heavy atom. The molecule has 4 aromatic rings. The summed E-state index contributed by atoms with van der Waals surface area (Å²) in [6.07, 6.45) is 3.16. The van der Waals surface area contributed by atoms with Gasteiger partial charge in [-0.2, -0.15) is 0 Å². The summed E-state index contributed by atoms with van der Waals surface area (Å²) in [7, 11) is -0.424. The molecule has 2 heterocycles. The fraction of sp³-hybridized carbons (Fsp3) is 0.222. The minimum Gasteiger partial charge on any atom is -0.384 e. The molecule has 0 saturated carbocycles. The Kier molecular flexibility index (Phi) is 7.88. The predicted octanol–water partition coefficient (Wildman–Crippen LogP) is 3.00. The largest absolute Gasteiger partial charge is 0.384 e. The molecule has 0 aliphatic heterocycles. The summed E-state index contributed by atoms with van der Waals surface area (Å²) in [5.74, 6) is 0.0581. The highest BCUT2D eigenvalue weighted by Gasteiger charge is 2.25. The summed E-state index contributed by atoms with van der Waals surface area (Å²) in [6.45, 7) is 4.35. The molecule has 2 aromatic heterocycles. The minimum absolute atomic E-state index is 0.0254. The lowest BCUT2D eigenvalue weighted by Gasteiger charge is -2.17. The maximum Gasteiger partial charge on any atom is 0.332 e. The number of hydrogen-bond acceptors (Lipinski definition) is 7. The molecule has 0 fully saturated rings. The minimum atomic E-state index is -1.81. The van der Waals surface area contributed by atoms with Gasteiger partial charge in [-0.3, -0.25) is 18.9 Å². The highest BCUT2D eigenvalue weighted by atomic mass is 32.2. The smallest absolute Gasteiger partial charge is 0.332 e. The number of aliphatic imine (C=N–C) groups is 1. The fourth-order valence-corrected chi connectivity index (χ4v) is 5.00. The molecule has 10 heteroatoms. The van der Waals surface area contributed by atoms with Crippen LogP contribution in [0.3, 0.4) is 0 Å². The third-order valence-electron chi connectivity index (χ3n) is 5.71. The summed E-state index contributed by atoms with van der Waals surface area (Å²) in [4.78, 5) is 39.4. The Morgan fingerprint density at radius 2 is 1.76 bits per heavy atom. The van der Waals surface area contributed by atoms with E-state index in [9.17, 15) is 13.8 Å². The number of nitrogens with zero attached hydrogens (tertiary/aromatic N) is 5. The van der Waals surface area contributed by atoms with E-state index in [1.807, 2.05) is 50.2 Å². The Hall–Kier alpha value is -4.18. The van der Waals surface area contributed by atoms with Gasteiger partial charge in [-0.1, -0.05) is 56.3 Å². The molecule has 190 valence electrons. The van der Waals surface area contributed by atoms with Crippen molar-refractivity contribution < 1.29 is 4.21 Å². The van der Waals surface area contributed by atoms with Gasteiger partial charge in [0.25, 0.3) is 5.56 Å². The molecule has 1 unspecified atom stereocenters. The number of aromatic nitrogens is 4. The van der Waals surface area contributed by atoms with Crippen LogP contribution in [0.25, 0.3) is 11.3 Å². The second kappa shape index (κ2) is 11.3. The molecule has 2 N–H and O–H groups in total. The number of anilines is 1. The lowest BCUT2D eigenvalue weighted by molar-refractivity contribution is 0.493. The molecule has 0 radical (unpaired) electrons. The molecule has 2 aromatic carbocycles. The van der Waals surface area contributed by atoms with Gasteiger partial charge in [-0.15, -0.1) is 0 Å². The van der Waals surface area contributed by atoms with Gasteiger partial charge in [0.05, 0.1) is 12.2 Å². The third-order valence-corrected chi connectivity index (χ3v) is 7.10. The zero-order valence-electron chi connectivity index (χ0n) is 20.9. The van der Waals surface area contributed by atoms with Crippen LogP contribution in [0.1, 0.15) is 25.0 Å². The van der Waals surface area contributed by atoms with E-state index >= 15 is 0 Å². The van der Waals surface area contributed by atoms with Gasteiger partial charge in [-0.05, 0) is 29.7 Å². The average molecular weight is 517 g/mol. The molecule has 1 atom stereocenters. The summed E-state index contributed by atoms with van der Waals surface area (Å²) in [5.41, 5.74) is 7.76. The van der Waals surface area contributed by atoms with Gasteiger partial charge in [0.2, 0.25) is 0 Å². The van der Waals surface area contributed by atoms with E-state index in [1.165, 1.54) is 17.9 Å². The zero-order valence-corrected chi connectivity index (χ0v) is 21.7. The van der Waals surface area contributed by atoms with Crippen molar-refractivity contribution in [1.29, 1.82) is 0 Å². The Balaban J connectivity index is 1.81. The van der Waals surface area contributed by atoms with E-state index < -0.39 is 22.0 Å². The molecule has 0 saturated heterocycles. The quantitative estimate of drug-likeness (QED) is 0.297. The maximum absolute atomic E-state index is 13.7. The topological polar surface area (TPSA) is 125 Å². The fourth-order valence-electron chi connectivity index (χ4n) is 3.82. The van der Waals surface area contributed by atoms with Crippen LogP contribution in [0.4, 0.5) is 5.82 Å². The van der Waals surface area contributed by atoms with E-state index in [4.69, 9.17) is 5.73 Å². The number of hydrogen-bond donors (Lipinski definition) is 1. The van der Waals surface area contributed by atoms with Gasteiger partial charge < -0.3 is 5.73 Å². The first kappa shape index (κ1) is 25.9. The van der Waals surface area contributed by atoms with Crippen molar-refractivity contribution in [1.82, 2.24) is 19.1 Å². The molecule has 0 amide bonds. The van der Waals surface area contributed by atoms with Crippen LogP contribution in [0, 0.1) is 5.92 Å². The van der Waals surface area contributed by atoms with Crippen LogP contribution < -0.4 is 17.0 Å². The molecule has 37 heavy (non-hydrogen) atoms. The first-order chi connectivity index (χ1) is 17.8. The molecular weight excluding hydrogens is 488 g/mol. The highest BCUT2D eigenvalue weighted by Crippen LogP contribution is 2.19. The summed E-state index contributed by atoms with van der Waals surface area (Å²) in [6, 6.07) is 18.2. The van der Waals surface area contributed by atoms with Crippen molar-refractivity contribution in [2.24, 2.45) is 18.0 Å². The summed E-state index contributed by atoms with van der Waals surface area (Å²) in [5, 5.41) is 0.0293. The van der Waals surface area contributed by atoms with E-state index in [-0.39, 0.29) is 28.9 Å². The summed E-state index contributed by atoms with van der Waals surface area (Å²) < 4.78 is 16.0. The van der Waals surface area contributed by atoms with Crippen LogP contribution in [-0.4, -0.2) is 28.4 Å². The zero-order chi connectivity index (χ0) is 26.5. The van der Waals surface area contributed by atoms with Crippen molar-refractivity contribution in [3.8, 4) is 11.3 Å². The predicted molar refractivity (Wildman–Crippen MR) is 146 cm³/mol. The van der Waals surface area contributed by atoms with E-state index in [1.54, 1.807) is 30.5 Å². The van der Waals surface area contributed by atoms with E-state index in [0.717, 1.165) is 21.4 Å². The van der Waals surface area contributed by atoms with Crippen molar-refractivity contribution >= 4 is 21.7 Å². The van der Waals surface area contributed by atoms with Gasteiger partial charge in [0, 0.05) is 30.2 Å². The van der Waals surface area contributed by atoms with E-state index in [0.29, 0.717) is 11.4 Å². The molecule has 4 rings (SSSR count). The number of benzene rings is 2. The van der Waals surface area contributed by atoms with Crippen molar-refractivity contribution in [3.05, 3.63) is 105 Å². The molecule has 0 aliphatic carbocycles. The monoisotopic (exact) mass is 516 g/mol. The van der Waals surface area contributed by atoms with Gasteiger partial charge in [0.1, 0.15) is 33.6 Å². The molecule has 0 aliphatic rings. The second-order valence-corrected chi connectivity index (χ2v) is 10.3. The maximum atomic E-state index is 13.7. The number of rotatable bonds is 7. The first-order valence-corrected chi connectivity index (χ1v) is 12.9. The standard InChI is InChI=1S/C27H28N6O3S/c1-18(2)16-33-24(28)23(26(34)32(3)27(33)35)25(37(36)21-7-5-4-6-8-21)30-15-19-9-11-20(12-10-19)22-13-14-29-17-31-22/h4-14,17-18H,15-16,28H2,1-3H3. The Morgan fingerprint density at radius 3 is 2.38 bits per heavy atom. The van der Waals surface area contributed by atoms with Gasteiger partial charge >= 0.3 is 5.69 Å².